The highest BCUT2D eigenvalue weighted by molar-refractivity contribution is 9.09. The van der Waals surface area contributed by atoms with Crippen LogP contribution in [-0.4, -0.2) is 42.8 Å². The van der Waals surface area contributed by atoms with Crippen molar-refractivity contribution in [2.24, 2.45) is 0 Å². The summed E-state index contributed by atoms with van der Waals surface area (Å²) >= 11 is 9.23. The van der Waals surface area contributed by atoms with Gasteiger partial charge < -0.3 is 4.74 Å². The molecular weight excluding hydrogens is 385 g/mol. The summed E-state index contributed by atoms with van der Waals surface area (Å²) in [6.45, 7) is 4.02. The molecule has 0 N–H and O–H groups in total. The minimum Gasteiger partial charge on any atom is -0.369 e. The second-order valence-electron chi connectivity index (χ2n) is 5.53. The molecule has 1 heterocycles. The van der Waals surface area contributed by atoms with Gasteiger partial charge in [0, 0.05) is 18.4 Å². The van der Waals surface area contributed by atoms with Gasteiger partial charge in [-0.05, 0) is 32.0 Å². The standard InChI is InChI=1S/C13H16BrClFNO3S/c1-13(2)8-17(7-10(6-14)20-13)21(18,19)12-5-9(16)3-4-11(12)15/h3-5,10H,6-8H2,1-2H3. The Kier molecular flexibility index (Phi) is 5.00. The Labute approximate surface area is 137 Å². The highest BCUT2D eigenvalue weighted by Gasteiger charge is 2.39. The summed E-state index contributed by atoms with van der Waals surface area (Å²) in [5.41, 5.74) is -0.621. The van der Waals surface area contributed by atoms with E-state index >= 15 is 0 Å². The van der Waals surface area contributed by atoms with Crippen LogP contribution in [0.1, 0.15) is 13.8 Å². The number of morpholine rings is 1. The first-order valence-electron chi connectivity index (χ1n) is 6.35. The van der Waals surface area contributed by atoms with E-state index in [1.807, 2.05) is 13.8 Å². The smallest absolute Gasteiger partial charge is 0.244 e. The average Bonchev–Trinajstić information content (AvgIpc) is 2.39. The molecule has 21 heavy (non-hydrogen) atoms. The van der Waals surface area contributed by atoms with Gasteiger partial charge in [-0.25, -0.2) is 12.8 Å². The van der Waals surface area contributed by atoms with Crippen molar-refractivity contribution in [2.75, 3.05) is 18.4 Å². The van der Waals surface area contributed by atoms with Crippen LogP contribution in [0.15, 0.2) is 23.1 Å². The molecule has 0 bridgehead atoms. The van der Waals surface area contributed by atoms with Crippen molar-refractivity contribution in [1.29, 1.82) is 0 Å². The molecule has 1 aliphatic heterocycles. The van der Waals surface area contributed by atoms with Crippen molar-refractivity contribution in [3.05, 3.63) is 29.0 Å². The normalized spacial score (nSPS) is 23.2. The first-order valence-corrected chi connectivity index (χ1v) is 9.29. The molecule has 0 saturated carbocycles. The maximum atomic E-state index is 13.4. The van der Waals surface area contributed by atoms with Gasteiger partial charge in [0.15, 0.2) is 0 Å². The molecule has 1 aromatic rings. The lowest BCUT2D eigenvalue weighted by Crippen LogP contribution is -2.55. The lowest BCUT2D eigenvalue weighted by atomic mass is 10.1. The van der Waals surface area contributed by atoms with Crippen LogP contribution in [-0.2, 0) is 14.8 Å². The molecule has 0 amide bonds. The van der Waals surface area contributed by atoms with Gasteiger partial charge in [0.25, 0.3) is 0 Å². The highest BCUT2D eigenvalue weighted by Crippen LogP contribution is 2.30. The zero-order valence-electron chi connectivity index (χ0n) is 11.6. The Hall–Kier alpha value is -0.210. The zero-order valence-corrected chi connectivity index (χ0v) is 14.8. The van der Waals surface area contributed by atoms with Crippen molar-refractivity contribution < 1.29 is 17.5 Å². The summed E-state index contributed by atoms with van der Waals surface area (Å²) < 4.78 is 45.9. The van der Waals surface area contributed by atoms with Gasteiger partial charge >= 0.3 is 0 Å². The molecule has 4 nitrogen and oxygen atoms in total. The average molecular weight is 401 g/mol. The second kappa shape index (κ2) is 6.12. The van der Waals surface area contributed by atoms with Gasteiger partial charge in [-0.3, -0.25) is 0 Å². The molecule has 1 aromatic carbocycles. The zero-order chi connectivity index (χ0) is 15.8. The van der Waals surface area contributed by atoms with E-state index in [2.05, 4.69) is 15.9 Å². The Bertz CT molecular complexity index is 638. The third kappa shape index (κ3) is 3.76. The third-order valence-electron chi connectivity index (χ3n) is 3.13. The van der Waals surface area contributed by atoms with Crippen molar-refractivity contribution in [3.8, 4) is 0 Å². The van der Waals surface area contributed by atoms with E-state index < -0.39 is 21.4 Å². The van der Waals surface area contributed by atoms with Crippen LogP contribution in [0.5, 0.6) is 0 Å². The van der Waals surface area contributed by atoms with Gasteiger partial charge in [0.2, 0.25) is 10.0 Å². The molecule has 1 unspecified atom stereocenters. The topological polar surface area (TPSA) is 46.6 Å². The number of alkyl halides is 1. The molecule has 1 fully saturated rings. The van der Waals surface area contributed by atoms with E-state index in [1.54, 1.807) is 0 Å². The predicted molar refractivity (Wildman–Crippen MR) is 82.9 cm³/mol. The molecule has 118 valence electrons. The summed E-state index contributed by atoms with van der Waals surface area (Å²) in [7, 11) is -3.87. The van der Waals surface area contributed by atoms with E-state index in [0.717, 1.165) is 12.1 Å². The number of halogens is 3. The first kappa shape index (κ1) is 17.1. The minimum atomic E-state index is -3.87. The van der Waals surface area contributed by atoms with Crippen LogP contribution >= 0.6 is 27.5 Å². The number of hydrogen-bond acceptors (Lipinski definition) is 3. The van der Waals surface area contributed by atoms with Gasteiger partial charge in [-0.1, -0.05) is 27.5 Å². The Balaban J connectivity index is 2.41. The van der Waals surface area contributed by atoms with E-state index in [1.165, 1.54) is 10.4 Å². The number of hydrogen-bond donors (Lipinski definition) is 0. The first-order chi connectivity index (χ1) is 9.65. The van der Waals surface area contributed by atoms with Crippen molar-refractivity contribution in [1.82, 2.24) is 4.31 Å². The number of rotatable bonds is 3. The monoisotopic (exact) mass is 399 g/mol. The lowest BCUT2D eigenvalue weighted by Gasteiger charge is -2.41. The van der Waals surface area contributed by atoms with Crippen LogP contribution in [0.25, 0.3) is 0 Å². The second-order valence-corrected chi connectivity index (χ2v) is 8.49. The summed E-state index contributed by atoms with van der Waals surface area (Å²) in [5, 5.41) is 0.523. The number of sulfonamides is 1. The largest absolute Gasteiger partial charge is 0.369 e. The fourth-order valence-electron chi connectivity index (χ4n) is 2.32. The van der Waals surface area contributed by atoms with Crippen LogP contribution in [0.3, 0.4) is 0 Å². The Morgan fingerprint density at radius 1 is 1.52 bits per heavy atom. The third-order valence-corrected chi connectivity index (χ3v) is 6.15. The minimum absolute atomic E-state index is 0.0103. The van der Waals surface area contributed by atoms with Crippen molar-refractivity contribution in [2.45, 2.75) is 30.4 Å². The summed E-state index contributed by atoms with van der Waals surface area (Å²) in [5.74, 6) is -0.637. The Morgan fingerprint density at radius 3 is 2.81 bits per heavy atom. The van der Waals surface area contributed by atoms with Crippen LogP contribution in [0.2, 0.25) is 5.02 Å². The van der Waals surface area contributed by atoms with E-state index in [4.69, 9.17) is 16.3 Å². The summed E-state index contributed by atoms with van der Waals surface area (Å²) in [4.78, 5) is -0.213. The maximum absolute atomic E-state index is 13.4. The maximum Gasteiger partial charge on any atom is 0.244 e. The molecule has 0 aliphatic carbocycles. The SMILES string of the molecule is CC1(C)CN(S(=O)(=O)c2cc(F)ccc2Cl)CC(CBr)O1. The summed E-state index contributed by atoms with van der Waals surface area (Å²) in [6, 6.07) is 3.33. The van der Waals surface area contributed by atoms with Crippen LogP contribution < -0.4 is 0 Å². The molecule has 0 spiro atoms. The Morgan fingerprint density at radius 2 is 2.19 bits per heavy atom. The van der Waals surface area contributed by atoms with E-state index in [-0.39, 0.29) is 29.1 Å². The number of nitrogens with zero attached hydrogens (tertiary/aromatic N) is 1. The quantitative estimate of drug-likeness (QED) is 0.733. The molecule has 1 aliphatic rings. The van der Waals surface area contributed by atoms with Gasteiger partial charge in [0.05, 0.1) is 16.7 Å². The lowest BCUT2D eigenvalue weighted by molar-refractivity contribution is -0.106. The van der Waals surface area contributed by atoms with Gasteiger partial charge in [0.1, 0.15) is 10.7 Å². The van der Waals surface area contributed by atoms with Crippen molar-refractivity contribution in [3.63, 3.8) is 0 Å². The number of ether oxygens (including phenoxy) is 1. The fourth-order valence-corrected chi connectivity index (χ4v) is 4.76. The molecule has 2 rings (SSSR count). The van der Waals surface area contributed by atoms with Crippen LogP contribution in [0, 0.1) is 5.82 Å². The van der Waals surface area contributed by atoms with Gasteiger partial charge in [-0.2, -0.15) is 4.31 Å². The van der Waals surface area contributed by atoms with E-state index in [9.17, 15) is 12.8 Å². The van der Waals surface area contributed by atoms with Crippen molar-refractivity contribution >= 4 is 37.6 Å². The van der Waals surface area contributed by atoms with Gasteiger partial charge in [-0.15, -0.1) is 0 Å². The van der Waals surface area contributed by atoms with E-state index in [0.29, 0.717) is 5.33 Å². The predicted octanol–water partition coefficient (Wildman–Crippen LogP) is 3.04. The van der Waals surface area contributed by atoms with Crippen LogP contribution in [0.4, 0.5) is 4.39 Å². The molecule has 1 saturated heterocycles. The molecule has 8 heteroatoms. The molecular formula is C13H16BrClFNO3S. The number of benzene rings is 1. The summed E-state index contributed by atoms with van der Waals surface area (Å²) in [6.07, 6.45) is -0.268. The fraction of sp³-hybridized carbons (Fsp3) is 0.538. The molecule has 1 atom stereocenters. The molecule has 0 aromatic heterocycles. The highest BCUT2D eigenvalue weighted by atomic mass is 79.9. The molecule has 0 radical (unpaired) electrons.